The predicted molar refractivity (Wildman–Crippen MR) is 114 cm³/mol. The number of nitrogens with one attached hydrogen (secondary N) is 2. The number of halogens is 2. The first-order chi connectivity index (χ1) is 14.8. The van der Waals surface area contributed by atoms with Crippen molar-refractivity contribution in [3.05, 3.63) is 45.9 Å². The van der Waals surface area contributed by atoms with E-state index in [4.69, 9.17) is 42.1 Å². The fourth-order valence-electron chi connectivity index (χ4n) is 2.44. The Kier molecular flexibility index (Phi) is 8.77. The number of esters is 1. The zero-order valence-electron chi connectivity index (χ0n) is 16.9. The van der Waals surface area contributed by atoms with Gasteiger partial charge in [0.15, 0.2) is 18.1 Å². The number of carbonyl (C=O) groups is 3. The molecule has 31 heavy (non-hydrogen) atoms. The molecule has 0 aromatic heterocycles. The van der Waals surface area contributed by atoms with Crippen LogP contribution in [-0.2, 0) is 14.3 Å². The maximum atomic E-state index is 12.1. The molecule has 0 fully saturated rings. The summed E-state index contributed by atoms with van der Waals surface area (Å²) < 4.78 is 20.5. The highest BCUT2D eigenvalue weighted by Gasteiger charge is 2.16. The van der Waals surface area contributed by atoms with Gasteiger partial charge in [-0.15, -0.1) is 0 Å². The van der Waals surface area contributed by atoms with Crippen molar-refractivity contribution in [2.45, 2.75) is 0 Å². The van der Waals surface area contributed by atoms with Gasteiger partial charge in [0.25, 0.3) is 11.8 Å². The largest absolute Gasteiger partial charge is 0.493 e. The van der Waals surface area contributed by atoms with Crippen LogP contribution in [-0.4, -0.2) is 52.3 Å². The first-order valence-electron chi connectivity index (χ1n) is 8.77. The first-order valence-corrected chi connectivity index (χ1v) is 9.53. The normalized spacial score (nSPS) is 10.1. The van der Waals surface area contributed by atoms with Crippen LogP contribution in [0.4, 0.5) is 5.69 Å². The number of anilines is 1. The maximum Gasteiger partial charge on any atom is 0.325 e. The molecule has 9 nitrogen and oxygen atoms in total. The second-order valence-electron chi connectivity index (χ2n) is 5.93. The van der Waals surface area contributed by atoms with Crippen molar-refractivity contribution in [1.82, 2.24) is 5.32 Å². The molecular formula is C20H20Cl2N2O7. The standard InChI is InChI=1S/C20H20Cl2N2O7/c1-28-15-7-12(8-16(29-2)19(15)30-3)24-17(25)10-31-18(26)9-23-20(27)11-4-5-13(21)14(22)6-11/h4-8H,9-10H2,1-3H3,(H,23,27)(H,24,25). The minimum atomic E-state index is -0.798. The van der Waals surface area contributed by atoms with Crippen molar-refractivity contribution >= 4 is 46.7 Å². The number of hydrogen-bond acceptors (Lipinski definition) is 7. The molecule has 0 saturated heterocycles. The summed E-state index contributed by atoms with van der Waals surface area (Å²) in [6.45, 7) is -0.991. The van der Waals surface area contributed by atoms with E-state index in [2.05, 4.69) is 10.6 Å². The van der Waals surface area contributed by atoms with Gasteiger partial charge in [-0.1, -0.05) is 23.2 Å². The summed E-state index contributed by atoms with van der Waals surface area (Å²) in [5.74, 6) is -0.880. The molecule has 2 amide bonds. The molecular weight excluding hydrogens is 451 g/mol. The minimum Gasteiger partial charge on any atom is -0.493 e. The fourth-order valence-corrected chi connectivity index (χ4v) is 2.74. The van der Waals surface area contributed by atoms with Gasteiger partial charge < -0.3 is 29.6 Å². The third-order valence-electron chi connectivity index (χ3n) is 3.89. The van der Waals surface area contributed by atoms with E-state index in [0.29, 0.717) is 28.0 Å². The lowest BCUT2D eigenvalue weighted by atomic mass is 10.2. The van der Waals surface area contributed by atoms with Crippen LogP contribution in [0.25, 0.3) is 0 Å². The van der Waals surface area contributed by atoms with Crippen molar-refractivity contribution in [2.24, 2.45) is 0 Å². The number of rotatable bonds is 9. The Morgan fingerprint density at radius 3 is 2.10 bits per heavy atom. The molecule has 0 unspecified atom stereocenters. The summed E-state index contributed by atoms with van der Waals surface area (Å²) in [6.07, 6.45) is 0. The lowest BCUT2D eigenvalue weighted by molar-refractivity contribution is -0.146. The van der Waals surface area contributed by atoms with E-state index in [0.717, 1.165) is 0 Å². The van der Waals surface area contributed by atoms with Crippen molar-refractivity contribution in [2.75, 3.05) is 39.8 Å². The molecule has 0 saturated carbocycles. The molecule has 11 heteroatoms. The van der Waals surface area contributed by atoms with Gasteiger partial charge in [-0.2, -0.15) is 0 Å². The maximum absolute atomic E-state index is 12.1. The quantitative estimate of drug-likeness (QED) is 0.541. The van der Waals surface area contributed by atoms with Crippen LogP contribution in [0.5, 0.6) is 17.2 Å². The van der Waals surface area contributed by atoms with Crippen molar-refractivity contribution in [3.8, 4) is 17.2 Å². The number of methoxy groups -OCH3 is 3. The second-order valence-corrected chi connectivity index (χ2v) is 6.75. The molecule has 2 N–H and O–H groups in total. The Labute approximate surface area is 188 Å². The molecule has 2 aromatic carbocycles. The van der Waals surface area contributed by atoms with Gasteiger partial charge in [-0.05, 0) is 18.2 Å². The zero-order chi connectivity index (χ0) is 23.0. The molecule has 0 bridgehead atoms. The van der Waals surface area contributed by atoms with Gasteiger partial charge in [-0.3, -0.25) is 14.4 Å². The van der Waals surface area contributed by atoms with Crippen LogP contribution in [0, 0.1) is 0 Å². The molecule has 166 valence electrons. The van der Waals surface area contributed by atoms with Crippen molar-refractivity contribution in [1.29, 1.82) is 0 Å². The number of carbonyl (C=O) groups excluding carboxylic acids is 3. The average molecular weight is 471 g/mol. The summed E-state index contributed by atoms with van der Waals surface area (Å²) >= 11 is 11.7. The highest BCUT2D eigenvalue weighted by molar-refractivity contribution is 6.42. The predicted octanol–water partition coefficient (Wildman–Crippen LogP) is 2.93. The monoisotopic (exact) mass is 470 g/mol. The van der Waals surface area contributed by atoms with E-state index in [1.54, 1.807) is 0 Å². The van der Waals surface area contributed by atoms with Crippen molar-refractivity contribution in [3.63, 3.8) is 0 Å². The van der Waals surface area contributed by atoms with E-state index < -0.39 is 30.9 Å². The van der Waals surface area contributed by atoms with Crippen LogP contribution in [0.1, 0.15) is 10.4 Å². The van der Waals surface area contributed by atoms with Gasteiger partial charge in [-0.25, -0.2) is 0 Å². The number of benzene rings is 2. The SMILES string of the molecule is COc1cc(NC(=O)COC(=O)CNC(=O)c2ccc(Cl)c(Cl)c2)cc(OC)c1OC. The molecule has 2 aromatic rings. The van der Waals surface area contributed by atoms with Gasteiger partial charge in [0.1, 0.15) is 6.54 Å². The van der Waals surface area contributed by atoms with Gasteiger partial charge in [0.2, 0.25) is 5.75 Å². The van der Waals surface area contributed by atoms with Crippen LogP contribution in [0.15, 0.2) is 30.3 Å². The number of hydrogen-bond donors (Lipinski definition) is 2. The van der Waals surface area contributed by atoms with Gasteiger partial charge in [0, 0.05) is 23.4 Å². The lowest BCUT2D eigenvalue weighted by Gasteiger charge is -2.14. The molecule has 0 atom stereocenters. The summed E-state index contributed by atoms with van der Waals surface area (Å²) in [4.78, 5) is 35.9. The van der Waals surface area contributed by atoms with Gasteiger partial charge >= 0.3 is 5.97 Å². The minimum absolute atomic E-state index is 0.209. The molecule has 0 aliphatic heterocycles. The van der Waals surface area contributed by atoms with Crippen LogP contribution in [0.3, 0.4) is 0 Å². The van der Waals surface area contributed by atoms with Crippen LogP contribution < -0.4 is 24.8 Å². The van der Waals surface area contributed by atoms with E-state index in [1.807, 2.05) is 0 Å². The molecule has 2 rings (SSSR count). The number of amides is 2. The van der Waals surface area contributed by atoms with E-state index in [1.165, 1.54) is 51.7 Å². The molecule has 0 aliphatic carbocycles. The summed E-state index contributed by atoms with van der Waals surface area (Å²) in [5.41, 5.74) is 0.575. The molecule has 0 spiro atoms. The topological polar surface area (TPSA) is 112 Å². The van der Waals surface area contributed by atoms with Crippen LogP contribution >= 0.6 is 23.2 Å². The number of ether oxygens (including phenoxy) is 4. The Hall–Kier alpha value is -3.17. The van der Waals surface area contributed by atoms with Gasteiger partial charge in [0.05, 0.1) is 31.4 Å². The van der Waals surface area contributed by atoms with E-state index in [9.17, 15) is 14.4 Å². The highest BCUT2D eigenvalue weighted by Crippen LogP contribution is 2.39. The third-order valence-corrected chi connectivity index (χ3v) is 4.63. The fraction of sp³-hybridized carbons (Fsp3) is 0.250. The molecule has 0 aliphatic rings. The van der Waals surface area contributed by atoms with E-state index >= 15 is 0 Å². The second kappa shape index (κ2) is 11.3. The third kappa shape index (κ3) is 6.66. The highest BCUT2D eigenvalue weighted by atomic mass is 35.5. The average Bonchev–Trinajstić information content (AvgIpc) is 2.76. The molecule has 0 radical (unpaired) electrons. The Morgan fingerprint density at radius 1 is 0.903 bits per heavy atom. The summed E-state index contributed by atoms with van der Waals surface area (Å²) in [7, 11) is 4.34. The molecule has 0 heterocycles. The van der Waals surface area contributed by atoms with Crippen molar-refractivity contribution < 1.29 is 33.3 Å². The summed E-state index contributed by atoms with van der Waals surface area (Å²) in [6, 6.07) is 7.34. The zero-order valence-corrected chi connectivity index (χ0v) is 18.4. The Balaban J connectivity index is 1.86. The smallest absolute Gasteiger partial charge is 0.325 e. The summed E-state index contributed by atoms with van der Waals surface area (Å²) in [5, 5.41) is 5.43. The Bertz CT molecular complexity index is 957. The Morgan fingerprint density at radius 2 is 1.55 bits per heavy atom. The first kappa shape index (κ1) is 24.1. The van der Waals surface area contributed by atoms with E-state index in [-0.39, 0.29) is 10.6 Å². The lowest BCUT2D eigenvalue weighted by Crippen LogP contribution is -2.32. The van der Waals surface area contributed by atoms with Crippen LogP contribution in [0.2, 0.25) is 10.0 Å².